The number of rotatable bonds is 12. The molecule has 0 fully saturated rings. The summed E-state index contributed by atoms with van der Waals surface area (Å²) < 4.78 is 29.4. The highest BCUT2D eigenvalue weighted by Crippen LogP contribution is 2.28. The third-order valence-electron chi connectivity index (χ3n) is 7.40. The Morgan fingerprint density at radius 2 is 1.44 bits per heavy atom. The highest BCUT2D eigenvalue weighted by atomic mass is 35.5. The van der Waals surface area contributed by atoms with Gasteiger partial charge in [0, 0.05) is 29.1 Å². The van der Waals surface area contributed by atoms with Gasteiger partial charge in [-0.15, -0.1) is 0 Å². The molecule has 4 aromatic rings. The van der Waals surface area contributed by atoms with Gasteiger partial charge < -0.3 is 10.2 Å². The minimum Gasteiger partial charge on any atom is -0.352 e. The summed E-state index contributed by atoms with van der Waals surface area (Å²) in [6, 6.07) is 26.4. The fourth-order valence-corrected chi connectivity index (χ4v) is 6.65. The molecule has 0 bridgehead atoms. The SMILES string of the molecule is Cc1ccc(N(CC(=O)N(Cc2cccc(Cl)c2)[C@H](Cc2ccccc2)C(=O)NC(C)C)S(=O)(=O)c2ccc(Cl)cc2)cc1C. The first-order chi connectivity index (χ1) is 21.3. The van der Waals surface area contributed by atoms with E-state index >= 15 is 0 Å². The standard InChI is InChI=1S/C35H37Cl2N3O4S/c1-24(2)38-35(42)33(21-27-9-6-5-7-10-27)39(22-28-11-8-12-30(37)20-28)34(41)23-40(31-16-13-25(3)26(4)19-31)45(43,44)32-17-14-29(36)15-18-32/h5-20,24,33H,21-23H2,1-4H3,(H,38,42)/t33-/m1/s1. The van der Waals surface area contributed by atoms with Crippen molar-refractivity contribution < 1.29 is 18.0 Å². The molecule has 0 aromatic heterocycles. The molecule has 7 nitrogen and oxygen atoms in total. The molecule has 0 heterocycles. The molecule has 0 radical (unpaired) electrons. The van der Waals surface area contributed by atoms with Crippen LogP contribution in [0, 0.1) is 13.8 Å². The maximum atomic E-state index is 14.5. The summed E-state index contributed by atoms with van der Waals surface area (Å²) >= 11 is 12.4. The lowest BCUT2D eigenvalue weighted by Gasteiger charge is -2.34. The maximum absolute atomic E-state index is 14.5. The van der Waals surface area contributed by atoms with Gasteiger partial charge in [0.1, 0.15) is 12.6 Å². The van der Waals surface area contributed by atoms with E-state index in [-0.39, 0.29) is 29.8 Å². The van der Waals surface area contributed by atoms with Crippen LogP contribution in [0.5, 0.6) is 0 Å². The second kappa shape index (κ2) is 15.0. The molecule has 2 amide bonds. The third kappa shape index (κ3) is 8.87. The van der Waals surface area contributed by atoms with Crippen molar-refractivity contribution in [1.29, 1.82) is 0 Å². The van der Waals surface area contributed by atoms with Crippen molar-refractivity contribution in [3.63, 3.8) is 0 Å². The van der Waals surface area contributed by atoms with Gasteiger partial charge in [0.05, 0.1) is 10.6 Å². The Morgan fingerprint density at radius 3 is 2.07 bits per heavy atom. The number of carbonyl (C=O) groups is 2. The molecule has 0 aliphatic heterocycles. The summed E-state index contributed by atoms with van der Waals surface area (Å²) in [5.74, 6) is -0.895. The van der Waals surface area contributed by atoms with Crippen molar-refractivity contribution in [3.05, 3.63) is 129 Å². The Balaban J connectivity index is 1.82. The highest BCUT2D eigenvalue weighted by molar-refractivity contribution is 7.92. The van der Waals surface area contributed by atoms with Gasteiger partial charge in [0.2, 0.25) is 11.8 Å². The summed E-state index contributed by atoms with van der Waals surface area (Å²) in [4.78, 5) is 29.7. The lowest BCUT2D eigenvalue weighted by molar-refractivity contribution is -0.140. The van der Waals surface area contributed by atoms with Gasteiger partial charge in [-0.05, 0) is 98.5 Å². The second-order valence-electron chi connectivity index (χ2n) is 11.3. The van der Waals surface area contributed by atoms with Crippen LogP contribution in [0.4, 0.5) is 5.69 Å². The molecule has 4 aromatic carbocycles. The molecule has 0 aliphatic carbocycles. The zero-order valence-electron chi connectivity index (χ0n) is 25.7. The summed E-state index contributed by atoms with van der Waals surface area (Å²) in [5, 5.41) is 3.82. The van der Waals surface area contributed by atoms with Crippen LogP contribution in [0.1, 0.15) is 36.1 Å². The largest absolute Gasteiger partial charge is 0.352 e. The molecule has 0 unspecified atom stereocenters. The Labute approximate surface area is 275 Å². The average molecular weight is 667 g/mol. The van der Waals surface area contributed by atoms with E-state index in [0.29, 0.717) is 21.3 Å². The van der Waals surface area contributed by atoms with E-state index in [2.05, 4.69) is 5.32 Å². The lowest BCUT2D eigenvalue weighted by Crippen LogP contribution is -2.54. The third-order valence-corrected chi connectivity index (χ3v) is 9.68. The minimum atomic E-state index is -4.23. The van der Waals surface area contributed by atoms with Gasteiger partial charge in [-0.3, -0.25) is 13.9 Å². The van der Waals surface area contributed by atoms with Crippen LogP contribution in [0.2, 0.25) is 10.0 Å². The number of hydrogen-bond donors (Lipinski definition) is 1. The molecule has 10 heteroatoms. The molecular weight excluding hydrogens is 629 g/mol. The van der Waals surface area contributed by atoms with Crippen LogP contribution < -0.4 is 9.62 Å². The van der Waals surface area contributed by atoms with E-state index in [1.165, 1.54) is 29.2 Å². The van der Waals surface area contributed by atoms with E-state index in [1.54, 1.807) is 30.3 Å². The molecule has 4 rings (SSSR count). The number of carbonyl (C=O) groups excluding carboxylic acids is 2. The topological polar surface area (TPSA) is 86.8 Å². The Hall–Kier alpha value is -3.85. The number of benzene rings is 4. The van der Waals surface area contributed by atoms with Crippen molar-refractivity contribution in [2.45, 2.75) is 57.6 Å². The summed E-state index contributed by atoms with van der Waals surface area (Å²) in [6.45, 7) is 6.99. The monoisotopic (exact) mass is 665 g/mol. The molecular formula is C35H37Cl2N3O4S. The number of nitrogens with zero attached hydrogens (tertiary/aromatic N) is 2. The fourth-order valence-electron chi connectivity index (χ4n) is 4.91. The molecule has 45 heavy (non-hydrogen) atoms. The van der Waals surface area contributed by atoms with Gasteiger partial charge in [-0.1, -0.05) is 71.7 Å². The van der Waals surface area contributed by atoms with E-state index < -0.39 is 28.5 Å². The first kappa shape index (κ1) is 34.0. The molecule has 236 valence electrons. The van der Waals surface area contributed by atoms with Crippen molar-refractivity contribution in [3.8, 4) is 0 Å². The van der Waals surface area contributed by atoms with Gasteiger partial charge in [0.25, 0.3) is 10.0 Å². The van der Waals surface area contributed by atoms with Crippen molar-refractivity contribution in [2.75, 3.05) is 10.8 Å². The number of halogens is 2. The molecule has 0 saturated carbocycles. The van der Waals surface area contributed by atoms with E-state index in [4.69, 9.17) is 23.2 Å². The smallest absolute Gasteiger partial charge is 0.264 e. The molecule has 1 N–H and O–H groups in total. The average Bonchev–Trinajstić information content (AvgIpc) is 2.99. The van der Waals surface area contributed by atoms with Crippen molar-refractivity contribution >= 4 is 50.7 Å². The highest BCUT2D eigenvalue weighted by Gasteiger charge is 2.35. The van der Waals surface area contributed by atoms with Gasteiger partial charge in [0.15, 0.2) is 0 Å². The normalized spacial score (nSPS) is 12.1. The Kier molecular flexibility index (Phi) is 11.3. The minimum absolute atomic E-state index is 0.0160. The number of hydrogen-bond acceptors (Lipinski definition) is 4. The van der Waals surface area contributed by atoms with Crippen molar-refractivity contribution in [1.82, 2.24) is 10.2 Å². The van der Waals surface area contributed by atoms with Crippen LogP contribution in [0.25, 0.3) is 0 Å². The fraction of sp³-hybridized carbons (Fsp3) is 0.257. The summed E-state index contributed by atoms with van der Waals surface area (Å²) in [6.07, 6.45) is 0.222. The van der Waals surface area contributed by atoms with Crippen LogP contribution >= 0.6 is 23.2 Å². The van der Waals surface area contributed by atoms with Crippen LogP contribution in [0.15, 0.2) is 102 Å². The first-order valence-corrected chi connectivity index (χ1v) is 16.8. The summed E-state index contributed by atoms with van der Waals surface area (Å²) in [7, 11) is -4.23. The van der Waals surface area contributed by atoms with Gasteiger partial charge >= 0.3 is 0 Å². The van der Waals surface area contributed by atoms with E-state index in [0.717, 1.165) is 21.0 Å². The lowest BCUT2D eigenvalue weighted by atomic mass is 10.0. The van der Waals surface area contributed by atoms with Crippen LogP contribution in [-0.4, -0.2) is 43.8 Å². The van der Waals surface area contributed by atoms with E-state index in [1.807, 2.05) is 70.2 Å². The quantitative estimate of drug-likeness (QED) is 0.177. The zero-order chi connectivity index (χ0) is 32.7. The van der Waals surface area contributed by atoms with Gasteiger partial charge in [-0.2, -0.15) is 0 Å². The summed E-state index contributed by atoms with van der Waals surface area (Å²) in [5.41, 5.74) is 3.72. The molecule has 1 atom stereocenters. The number of sulfonamides is 1. The molecule has 0 aliphatic rings. The van der Waals surface area contributed by atoms with E-state index in [9.17, 15) is 18.0 Å². The zero-order valence-corrected chi connectivity index (χ0v) is 28.0. The predicted molar refractivity (Wildman–Crippen MR) is 181 cm³/mol. The Bertz CT molecular complexity index is 1750. The predicted octanol–water partition coefficient (Wildman–Crippen LogP) is 6.97. The van der Waals surface area contributed by atoms with Gasteiger partial charge in [-0.25, -0.2) is 8.42 Å². The molecule has 0 saturated heterocycles. The molecule has 0 spiro atoms. The van der Waals surface area contributed by atoms with Crippen LogP contribution in [0.3, 0.4) is 0 Å². The number of aryl methyl sites for hydroxylation is 2. The Morgan fingerprint density at radius 1 is 0.778 bits per heavy atom. The first-order valence-electron chi connectivity index (χ1n) is 14.6. The number of nitrogens with one attached hydrogen (secondary N) is 1. The number of amides is 2. The number of anilines is 1. The van der Waals surface area contributed by atoms with Crippen LogP contribution in [-0.2, 0) is 32.6 Å². The maximum Gasteiger partial charge on any atom is 0.264 e. The van der Waals surface area contributed by atoms with Crippen molar-refractivity contribution in [2.24, 2.45) is 0 Å². The second-order valence-corrected chi connectivity index (χ2v) is 14.0.